The molecule has 0 radical (unpaired) electrons. The van der Waals surface area contributed by atoms with Crippen molar-refractivity contribution in [1.29, 1.82) is 0 Å². The fourth-order valence-electron chi connectivity index (χ4n) is 3.22. The smallest absolute Gasteiger partial charge is 0.261 e. The Morgan fingerprint density at radius 3 is 2.61 bits per heavy atom. The number of nitrogens with one attached hydrogen (secondary N) is 1. The second-order valence-electron chi connectivity index (χ2n) is 6.60. The third-order valence-corrected chi connectivity index (χ3v) is 6.77. The summed E-state index contributed by atoms with van der Waals surface area (Å²) in [6, 6.07) is 11.8. The van der Waals surface area contributed by atoms with Crippen molar-refractivity contribution >= 4 is 33.4 Å². The molecule has 1 aliphatic rings. The minimum absolute atomic E-state index is 0.0741. The van der Waals surface area contributed by atoms with E-state index in [1.807, 2.05) is 12.3 Å². The molecule has 1 heterocycles. The van der Waals surface area contributed by atoms with Crippen LogP contribution in [0.25, 0.3) is 0 Å². The summed E-state index contributed by atoms with van der Waals surface area (Å²) in [7, 11) is -2.23. The Kier molecular flexibility index (Phi) is 6.64. The van der Waals surface area contributed by atoms with E-state index in [0.717, 1.165) is 23.3 Å². The van der Waals surface area contributed by atoms with Crippen molar-refractivity contribution in [2.24, 2.45) is 0 Å². The minimum atomic E-state index is -3.82. The van der Waals surface area contributed by atoms with Crippen molar-refractivity contribution in [3.05, 3.63) is 53.6 Å². The Bertz CT molecular complexity index is 954. The van der Waals surface area contributed by atoms with Crippen molar-refractivity contribution in [1.82, 2.24) is 4.90 Å². The van der Waals surface area contributed by atoms with Gasteiger partial charge in [-0.25, -0.2) is 8.42 Å². The van der Waals surface area contributed by atoms with Gasteiger partial charge < -0.3 is 9.64 Å². The molecule has 0 spiro atoms. The van der Waals surface area contributed by atoms with Gasteiger partial charge in [0.1, 0.15) is 0 Å². The molecule has 1 saturated heterocycles. The Morgan fingerprint density at radius 1 is 1.18 bits per heavy atom. The Labute approximate surface area is 170 Å². The van der Waals surface area contributed by atoms with E-state index >= 15 is 0 Å². The van der Waals surface area contributed by atoms with Crippen LogP contribution >= 0.6 is 11.8 Å². The van der Waals surface area contributed by atoms with Crippen molar-refractivity contribution in [2.45, 2.75) is 29.2 Å². The number of methoxy groups -OCH3 is 1. The van der Waals surface area contributed by atoms with Gasteiger partial charge in [-0.15, -0.1) is 11.8 Å². The first-order valence-corrected chi connectivity index (χ1v) is 11.7. The highest BCUT2D eigenvalue weighted by atomic mass is 32.2. The van der Waals surface area contributed by atoms with Gasteiger partial charge >= 0.3 is 0 Å². The maximum absolute atomic E-state index is 12.9. The minimum Gasteiger partial charge on any atom is -0.380 e. The van der Waals surface area contributed by atoms with E-state index in [4.69, 9.17) is 4.74 Å². The fraction of sp³-hybridized carbons (Fsp3) is 0.350. The number of rotatable bonds is 7. The monoisotopic (exact) mass is 420 g/mol. The number of carbonyl (C=O) groups excluding carboxylic acids is 1. The molecule has 28 heavy (non-hydrogen) atoms. The van der Waals surface area contributed by atoms with Crippen molar-refractivity contribution in [3.63, 3.8) is 0 Å². The first-order valence-electron chi connectivity index (χ1n) is 9.02. The number of sulfonamides is 1. The van der Waals surface area contributed by atoms with Gasteiger partial charge in [-0.2, -0.15) is 0 Å². The highest BCUT2D eigenvalue weighted by molar-refractivity contribution is 7.98. The summed E-state index contributed by atoms with van der Waals surface area (Å²) in [6.07, 6.45) is 3.85. The first kappa shape index (κ1) is 20.7. The fourth-order valence-corrected chi connectivity index (χ4v) is 4.86. The van der Waals surface area contributed by atoms with Crippen LogP contribution in [0.5, 0.6) is 0 Å². The summed E-state index contributed by atoms with van der Waals surface area (Å²) in [6.45, 7) is 1.83. The summed E-state index contributed by atoms with van der Waals surface area (Å²) in [5.41, 5.74) is 1.76. The number of anilines is 1. The second kappa shape index (κ2) is 8.98. The van der Waals surface area contributed by atoms with Crippen LogP contribution in [0.4, 0.5) is 5.69 Å². The van der Waals surface area contributed by atoms with Crippen LogP contribution in [0.15, 0.2) is 52.3 Å². The molecule has 1 N–H and O–H groups in total. The van der Waals surface area contributed by atoms with Crippen LogP contribution in [0.1, 0.15) is 28.8 Å². The molecule has 150 valence electrons. The van der Waals surface area contributed by atoms with Crippen molar-refractivity contribution < 1.29 is 17.9 Å². The molecule has 0 atom stereocenters. The highest BCUT2D eigenvalue weighted by Crippen LogP contribution is 2.27. The van der Waals surface area contributed by atoms with E-state index < -0.39 is 10.0 Å². The van der Waals surface area contributed by atoms with E-state index in [1.165, 1.54) is 23.9 Å². The summed E-state index contributed by atoms with van der Waals surface area (Å²) >= 11 is 1.44. The molecule has 2 aromatic rings. The molecular weight excluding hydrogens is 396 g/mol. The lowest BCUT2D eigenvalue weighted by Gasteiger charge is -2.18. The lowest BCUT2D eigenvalue weighted by molar-refractivity contribution is 0.0789. The quantitative estimate of drug-likeness (QED) is 0.693. The van der Waals surface area contributed by atoms with Crippen molar-refractivity contribution in [3.8, 4) is 0 Å². The maximum atomic E-state index is 12.9. The molecule has 3 rings (SSSR count). The standard InChI is InChI=1S/C20H24N2O4S2/c1-26-14-15-6-5-7-16(12-15)21-28(24,25)17-8-9-19(27-2)18(13-17)20(23)22-10-3-4-11-22/h5-9,12-13,21H,3-4,10-11,14H2,1-2H3. The number of carbonyl (C=O) groups is 1. The number of benzene rings is 2. The second-order valence-corrected chi connectivity index (χ2v) is 9.13. The average molecular weight is 421 g/mol. The van der Waals surface area contributed by atoms with E-state index in [9.17, 15) is 13.2 Å². The number of likely N-dealkylation sites (tertiary alicyclic amines) is 1. The highest BCUT2D eigenvalue weighted by Gasteiger charge is 2.24. The molecule has 0 aliphatic carbocycles. The summed E-state index contributed by atoms with van der Waals surface area (Å²) < 4.78 is 33.5. The number of hydrogen-bond donors (Lipinski definition) is 1. The first-order chi connectivity index (χ1) is 13.4. The van der Waals surface area contributed by atoms with Gasteiger partial charge in [0.2, 0.25) is 0 Å². The van der Waals surface area contributed by atoms with Crippen LogP contribution in [0.2, 0.25) is 0 Å². The van der Waals surface area contributed by atoms with Crippen LogP contribution in [0, 0.1) is 0 Å². The Hall–Kier alpha value is -2.03. The van der Waals surface area contributed by atoms with Crippen molar-refractivity contribution in [2.75, 3.05) is 31.2 Å². The molecule has 0 aromatic heterocycles. The zero-order valence-corrected chi connectivity index (χ0v) is 17.6. The maximum Gasteiger partial charge on any atom is 0.261 e. The lowest BCUT2D eigenvalue weighted by Crippen LogP contribution is -2.28. The Morgan fingerprint density at radius 2 is 1.93 bits per heavy atom. The number of nitrogens with zero attached hydrogens (tertiary/aromatic N) is 1. The third-order valence-electron chi connectivity index (χ3n) is 4.60. The topological polar surface area (TPSA) is 75.7 Å². The summed E-state index contributed by atoms with van der Waals surface area (Å²) in [5.74, 6) is -0.110. The number of amides is 1. The van der Waals surface area contributed by atoms with Crippen LogP contribution in [0.3, 0.4) is 0 Å². The average Bonchev–Trinajstić information content (AvgIpc) is 3.22. The van der Waals surface area contributed by atoms with Gasteiger partial charge in [0.05, 0.1) is 17.1 Å². The number of ether oxygens (including phenoxy) is 1. The van der Waals surface area contributed by atoms with Gasteiger partial charge in [-0.05, 0) is 55.0 Å². The summed E-state index contributed by atoms with van der Waals surface area (Å²) in [5, 5.41) is 0. The van der Waals surface area contributed by atoms with Gasteiger partial charge in [0.15, 0.2) is 0 Å². The van der Waals surface area contributed by atoms with Gasteiger partial charge in [-0.3, -0.25) is 9.52 Å². The molecule has 6 nitrogen and oxygen atoms in total. The van der Waals surface area contributed by atoms with E-state index in [2.05, 4.69) is 4.72 Å². The molecule has 1 amide bonds. The predicted octanol–water partition coefficient (Wildman–Crippen LogP) is 3.59. The van der Waals surface area contributed by atoms with Crippen LogP contribution in [-0.4, -0.2) is 45.7 Å². The molecule has 0 saturated carbocycles. The van der Waals surface area contributed by atoms with Gasteiger partial charge in [0.25, 0.3) is 15.9 Å². The SMILES string of the molecule is COCc1cccc(NS(=O)(=O)c2ccc(SC)c(C(=O)N3CCCC3)c2)c1. The molecule has 0 unspecified atom stereocenters. The largest absolute Gasteiger partial charge is 0.380 e. The zero-order chi connectivity index (χ0) is 20.1. The lowest BCUT2D eigenvalue weighted by atomic mass is 10.2. The normalized spacial score (nSPS) is 14.3. The number of hydrogen-bond acceptors (Lipinski definition) is 5. The molecule has 8 heteroatoms. The molecule has 0 bridgehead atoms. The molecular formula is C20H24N2O4S2. The predicted molar refractivity (Wildman–Crippen MR) is 111 cm³/mol. The number of thioether (sulfide) groups is 1. The molecule has 2 aromatic carbocycles. The van der Waals surface area contributed by atoms with Gasteiger partial charge in [-0.1, -0.05) is 12.1 Å². The van der Waals surface area contributed by atoms with E-state index in [1.54, 1.807) is 36.3 Å². The molecule has 1 fully saturated rings. The Balaban J connectivity index is 1.90. The molecule has 1 aliphatic heterocycles. The van der Waals surface area contributed by atoms with Crippen LogP contribution < -0.4 is 4.72 Å². The van der Waals surface area contributed by atoms with Gasteiger partial charge in [0, 0.05) is 30.8 Å². The van der Waals surface area contributed by atoms with E-state index in [0.29, 0.717) is 30.9 Å². The summed E-state index contributed by atoms with van der Waals surface area (Å²) in [4.78, 5) is 15.5. The third kappa shape index (κ3) is 4.68. The zero-order valence-electron chi connectivity index (χ0n) is 16.0. The van der Waals surface area contributed by atoms with Crippen LogP contribution in [-0.2, 0) is 21.4 Å². The van der Waals surface area contributed by atoms with E-state index in [-0.39, 0.29) is 10.8 Å².